The van der Waals surface area contributed by atoms with Crippen LogP contribution in [0.3, 0.4) is 0 Å². The maximum atomic E-state index is 13.8. The molecular formula is C32H37N5O5S. The summed E-state index contributed by atoms with van der Waals surface area (Å²) in [4.78, 5) is 28.1. The molecule has 0 aliphatic carbocycles. The maximum Gasteiger partial charge on any atom is 0.325 e. The zero-order chi connectivity index (χ0) is 31.1. The van der Waals surface area contributed by atoms with Crippen LogP contribution in [-0.4, -0.2) is 69.3 Å². The topological polar surface area (TPSA) is 139 Å². The molecule has 1 heterocycles. The number of aryl methyl sites for hydroxylation is 1. The fourth-order valence-corrected chi connectivity index (χ4v) is 6.25. The molecule has 0 aliphatic rings. The zero-order valence-corrected chi connectivity index (χ0v) is 25.4. The summed E-state index contributed by atoms with van der Waals surface area (Å²) in [5.74, 6) is -0.611. The second-order valence-electron chi connectivity index (χ2n) is 10.4. The third kappa shape index (κ3) is 7.49. The van der Waals surface area contributed by atoms with Gasteiger partial charge in [-0.25, -0.2) is 8.42 Å². The Labute approximate surface area is 252 Å². The molecule has 0 atom stereocenters. The van der Waals surface area contributed by atoms with Gasteiger partial charge in [0.1, 0.15) is 12.4 Å². The lowest BCUT2D eigenvalue weighted by Crippen LogP contribution is -2.36. The minimum Gasteiger partial charge on any atom is -0.465 e. The number of amidine groups is 1. The molecule has 1 aromatic heterocycles. The number of nitrogen functional groups attached to an aromatic ring is 1. The first-order valence-corrected chi connectivity index (χ1v) is 15.4. The Balaban J connectivity index is 1.75. The lowest BCUT2D eigenvalue weighted by molar-refractivity contribution is -0.143. The number of likely N-dealkylation sites (N-methyl/N-ethyl adjacent to an activating group) is 1. The number of esters is 1. The molecule has 0 bridgehead atoms. The average molecular weight is 604 g/mol. The minimum atomic E-state index is -3.91. The number of anilines is 1. The van der Waals surface area contributed by atoms with Crippen molar-refractivity contribution in [2.24, 2.45) is 5.73 Å². The molecule has 226 valence electrons. The van der Waals surface area contributed by atoms with Crippen LogP contribution in [0.2, 0.25) is 0 Å². The van der Waals surface area contributed by atoms with E-state index in [1.165, 1.54) is 4.31 Å². The fourth-order valence-electron chi connectivity index (χ4n) is 4.78. The summed E-state index contributed by atoms with van der Waals surface area (Å²) < 4.78 is 35.8. The van der Waals surface area contributed by atoms with Gasteiger partial charge in [-0.3, -0.25) is 19.3 Å². The molecule has 0 unspecified atom stereocenters. The number of nitrogens with one attached hydrogen (secondary N) is 1. The summed E-state index contributed by atoms with van der Waals surface area (Å²) in [5, 5.41) is 8.12. The van der Waals surface area contributed by atoms with Gasteiger partial charge in [-0.1, -0.05) is 42.5 Å². The number of aromatic nitrogens is 1. The molecule has 11 heteroatoms. The Hall–Kier alpha value is -4.48. The van der Waals surface area contributed by atoms with Crippen LogP contribution in [0.1, 0.15) is 34.8 Å². The Kier molecular flexibility index (Phi) is 9.99. The summed E-state index contributed by atoms with van der Waals surface area (Å²) >= 11 is 0. The Bertz CT molecular complexity index is 1710. The number of hydrogen-bond acceptors (Lipinski definition) is 7. The van der Waals surface area contributed by atoms with E-state index in [1.807, 2.05) is 31.1 Å². The van der Waals surface area contributed by atoms with Crippen LogP contribution in [0.15, 0.2) is 83.9 Å². The highest BCUT2D eigenvalue weighted by Gasteiger charge is 2.26. The van der Waals surface area contributed by atoms with Gasteiger partial charge in [-0.2, -0.15) is 0 Å². The summed E-state index contributed by atoms with van der Waals surface area (Å²) in [5.41, 5.74) is 8.50. The van der Waals surface area contributed by atoms with Crippen molar-refractivity contribution in [3.63, 3.8) is 0 Å². The van der Waals surface area contributed by atoms with E-state index in [0.29, 0.717) is 40.7 Å². The van der Waals surface area contributed by atoms with Crippen LogP contribution in [0.5, 0.6) is 0 Å². The number of sulfonamides is 1. The van der Waals surface area contributed by atoms with Gasteiger partial charge in [0.25, 0.3) is 10.0 Å². The third-order valence-electron chi connectivity index (χ3n) is 7.05. The number of ether oxygens (including phenoxy) is 1. The van der Waals surface area contributed by atoms with Crippen LogP contribution in [0.25, 0.3) is 10.9 Å². The molecule has 0 amide bonds. The largest absolute Gasteiger partial charge is 0.465 e. The van der Waals surface area contributed by atoms with Gasteiger partial charge in [0, 0.05) is 47.7 Å². The van der Waals surface area contributed by atoms with Crippen LogP contribution in [-0.2, 0) is 32.5 Å². The van der Waals surface area contributed by atoms with Crippen molar-refractivity contribution in [2.45, 2.75) is 31.2 Å². The molecule has 0 fully saturated rings. The quantitative estimate of drug-likeness (QED) is 0.0959. The summed E-state index contributed by atoms with van der Waals surface area (Å²) in [6.07, 6.45) is 2.29. The predicted molar refractivity (Wildman–Crippen MR) is 168 cm³/mol. The molecule has 10 nitrogen and oxygen atoms in total. The van der Waals surface area contributed by atoms with Gasteiger partial charge in [-0.15, -0.1) is 0 Å². The average Bonchev–Trinajstić information content (AvgIpc) is 3.34. The molecule has 4 aromatic rings. The molecule has 0 aliphatic heterocycles. The van der Waals surface area contributed by atoms with Crippen LogP contribution in [0, 0.1) is 5.41 Å². The lowest BCUT2D eigenvalue weighted by Gasteiger charge is -2.26. The molecule has 0 saturated heterocycles. The first kappa shape index (κ1) is 31.5. The van der Waals surface area contributed by atoms with Crippen molar-refractivity contribution < 1.29 is 22.7 Å². The Morgan fingerprint density at radius 3 is 2.30 bits per heavy atom. The normalized spacial score (nSPS) is 11.5. The zero-order valence-electron chi connectivity index (χ0n) is 24.6. The van der Waals surface area contributed by atoms with Crippen molar-refractivity contribution in [1.29, 1.82) is 5.41 Å². The predicted octanol–water partition coefficient (Wildman–Crippen LogP) is 4.06. The first-order valence-electron chi connectivity index (χ1n) is 14.0. The van der Waals surface area contributed by atoms with E-state index in [4.69, 9.17) is 15.9 Å². The smallest absolute Gasteiger partial charge is 0.325 e. The number of carbonyl (C=O) groups excluding carboxylic acids is 2. The fraction of sp³-hybridized carbons (Fsp3) is 0.281. The number of hydrogen-bond donors (Lipinski definition) is 2. The monoisotopic (exact) mass is 603 g/mol. The number of carbonyl (C=O) groups is 2. The van der Waals surface area contributed by atoms with Crippen molar-refractivity contribution >= 4 is 44.2 Å². The van der Waals surface area contributed by atoms with E-state index in [0.717, 1.165) is 5.56 Å². The van der Waals surface area contributed by atoms with Crippen molar-refractivity contribution in [3.8, 4) is 0 Å². The Morgan fingerprint density at radius 1 is 0.977 bits per heavy atom. The van der Waals surface area contributed by atoms with E-state index in [2.05, 4.69) is 0 Å². The van der Waals surface area contributed by atoms with Gasteiger partial charge < -0.3 is 19.9 Å². The van der Waals surface area contributed by atoms with Crippen LogP contribution >= 0.6 is 0 Å². The van der Waals surface area contributed by atoms with Gasteiger partial charge in [0.15, 0.2) is 5.78 Å². The highest BCUT2D eigenvalue weighted by molar-refractivity contribution is 7.92. The summed E-state index contributed by atoms with van der Waals surface area (Å²) in [6, 6.07) is 20.6. The number of benzene rings is 3. The van der Waals surface area contributed by atoms with E-state index in [9.17, 15) is 18.0 Å². The molecular weight excluding hydrogens is 566 g/mol. The second kappa shape index (κ2) is 13.7. The van der Waals surface area contributed by atoms with Crippen molar-refractivity contribution in [1.82, 2.24) is 9.47 Å². The standard InChI is InChI=1S/C32H37N5O5S/c1-4-42-31(39)22-36-21-28(30(38)17-12-23-10-13-24(14-11-23)32(33)34)27-20-25(15-16-29(27)36)37(19-18-35(2)3)43(40,41)26-8-6-5-7-9-26/h5-11,13-16,20-21H,4,12,17-19,22H2,1-3H3,(H3,33,34). The van der Waals surface area contributed by atoms with E-state index in [1.54, 1.807) is 78.4 Å². The highest BCUT2D eigenvalue weighted by atomic mass is 32.2. The molecule has 3 aromatic carbocycles. The summed E-state index contributed by atoms with van der Waals surface area (Å²) in [6.45, 7) is 2.54. The van der Waals surface area contributed by atoms with Gasteiger partial charge >= 0.3 is 5.97 Å². The number of Topliss-reactive ketones (excluding diaryl/α,β-unsaturated/α-hetero) is 1. The molecule has 43 heavy (non-hydrogen) atoms. The van der Waals surface area contributed by atoms with E-state index in [-0.39, 0.29) is 42.6 Å². The van der Waals surface area contributed by atoms with E-state index >= 15 is 0 Å². The summed E-state index contributed by atoms with van der Waals surface area (Å²) in [7, 11) is -0.167. The SMILES string of the molecule is CCOC(=O)Cn1cc(C(=O)CCc2ccc(C(=N)N)cc2)c2cc(N(CCN(C)C)S(=O)(=O)c3ccccc3)ccc21. The van der Waals surface area contributed by atoms with Gasteiger partial charge in [0.05, 0.1) is 17.2 Å². The number of nitrogens with zero attached hydrogens (tertiary/aromatic N) is 3. The van der Waals surface area contributed by atoms with Crippen LogP contribution in [0.4, 0.5) is 5.69 Å². The molecule has 0 radical (unpaired) electrons. The number of fused-ring (bicyclic) bond motifs is 1. The number of rotatable bonds is 14. The minimum absolute atomic E-state index is 0.0262. The van der Waals surface area contributed by atoms with Gasteiger partial charge in [-0.05, 0) is 63.3 Å². The maximum absolute atomic E-state index is 13.8. The first-order chi connectivity index (χ1) is 20.5. The van der Waals surface area contributed by atoms with Crippen molar-refractivity contribution in [2.75, 3.05) is 38.1 Å². The molecule has 3 N–H and O–H groups in total. The van der Waals surface area contributed by atoms with Crippen molar-refractivity contribution in [3.05, 3.63) is 95.7 Å². The number of ketones is 1. The van der Waals surface area contributed by atoms with Crippen LogP contribution < -0.4 is 10.0 Å². The molecule has 4 rings (SSSR count). The molecule has 0 saturated carbocycles. The third-order valence-corrected chi connectivity index (χ3v) is 8.89. The second-order valence-corrected chi connectivity index (χ2v) is 12.3. The molecule has 0 spiro atoms. The van der Waals surface area contributed by atoms with Gasteiger partial charge in [0.2, 0.25) is 0 Å². The Morgan fingerprint density at radius 2 is 1.67 bits per heavy atom. The highest BCUT2D eigenvalue weighted by Crippen LogP contribution is 2.31. The lowest BCUT2D eigenvalue weighted by atomic mass is 10.0. The van der Waals surface area contributed by atoms with E-state index < -0.39 is 16.0 Å². The number of nitrogens with two attached hydrogens (primary N) is 1.